The van der Waals surface area contributed by atoms with E-state index in [0.717, 1.165) is 23.6 Å². The predicted octanol–water partition coefficient (Wildman–Crippen LogP) is 2.90. The van der Waals surface area contributed by atoms with E-state index in [4.69, 9.17) is 14.5 Å². The Kier molecular flexibility index (Phi) is 4.27. The molecular formula is C21H23N2O2S+. The minimum atomic E-state index is 0.152. The first-order chi connectivity index (χ1) is 12.8. The van der Waals surface area contributed by atoms with E-state index in [9.17, 15) is 0 Å². The van der Waals surface area contributed by atoms with Gasteiger partial charge in [0.05, 0.1) is 28.3 Å². The van der Waals surface area contributed by atoms with Crippen LogP contribution in [0, 0.1) is 0 Å². The van der Waals surface area contributed by atoms with Gasteiger partial charge in [-0.3, -0.25) is 0 Å². The molecule has 0 radical (unpaired) electrons. The van der Waals surface area contributed by atoms with Crippen LogP contribution in [0.4, 0.5) is 0 Å². The number of thiazole rings is 1. The number of likely N-dealkylation sites (tertiary alicyclic amines) is 1. The molecule has 0 unspecified atom stereocenters. The molecule has 0 saturated carbocycles. The molecule has 2 aliphatic heterocycles. The summed E-state index contributed by atoms with van der Waals surface area (Å²) in [5, 5.41) is 1.32. The zero-order valence-corrected chi connectivity index (χ0v) is 15.5. The highest BCUT2D eigenvalue weighted by Gasteiger charge is 2.30. The summed E-state index contributed by atoms with van der Waals surface area (Å²) < 4.78 is 13.3. The number of para-hydroxylation sites is 3. The topological polar surface area (TPSA) is 35.8 Å². The zero-order chi connectivity index (χ0) is 17.3. The van der Waals surface area contributed by atoms with E-state index in [0.29, 0.717) is 12.5 Å². The van der Waals surface area contributed by atoms with E-state index >= 15 is 0 Å². The fraction of sp³-hybridized carbons (Fsp3) is 0.381. The number of hydrogen-bond donors (Lipinski definition) is 1. The Morgan fingerprint density at radius 3 is 2.62 bits per heavy atom. The van der Waals surface area contributed by atoms with Crippen molar-refractivity contribution in [3.63, 3.8) is 0 Å². The lowest BCUT2D eigenvalue weighted by Crippen LogP contribution is -3.14. The van der Waals surface area contributed by atoms with E-state index in [-0.39, 0.29) is 6.10 Å². The number of fused-ring (bicyclic) bond motifs is 2. The van der Waals surface area contributed by atoms with Gasteiger partial charge in [-0.2, -0.15) is 0 Å². The van der Waals surface area contributed by atoms with E-state index in [1.165, 1.54) is 35.6 Å². The first kappa shape index (κ1) is 16.1. The monoisotopic (exact) mass is 367 g/mol. The summed E-state index contributed by atoms with van der Waals surface area (Å²) in [5.41, 5.74) is 1.15. The van der Waals surface area contributed by atoms with Crippen LogP contribution < -0.4 is 14.4 Å². The fourth-order valence-corrected chi connectivity index (χ4v) is 5.16. The van der Waals surface area contributed by atoms with E-state index in [2.05, 4.69) is 24.3 Å². The van der Waals surface area contributed by atoms with Crippen LogP contribution in [-0.2, 0) is 0 Å². The normalized spacial score (nSPS) is 25.3. The van der Waals surface area contributed by atoms with Gasteiger partial charge in [0.15, 0.2) is 17.6 Å². The predicted molar refractivity (Wildman–Crippen MR) is 104 cm³/mol. The molecule has 2 aromatic carbocycles. The maximum Gasteiger partial charge on any atom is 0.181 e. The van der Waals surface area contributed by atoms with Gasteiger partial charge in [-0.05, 0) is 24.3 Å². The molecule has 134 valence electrons. The van der Waals surface area contributed by atoms with Gasteiger partial charge in [-0.1, -0.05) is 24.3 Å². The van der Waals surface area contributed by atoms with Crippen molar-refractivity contribution in [3.8, 4) is 11.5 Å². The minimum absolute atomic E-state index is 0.152. The smallest absolute Gasteiger partial charge is 0.181 e. The van der Waals surface area contributed by atoms with Gasteiger partial charge in [0.2, 0.25) is 0 Å². The number of quaternary nitrogens is 1. The molecule has 1 saturated heterocycles. The molecule has 4 nitrogen and oxygen atoms in total. The summed E-state index contributed by atoms with van der Waals surface area (Å²) in [5.74, 6) is 2.36. The van der Waals surface area contributed by atoms with E-state index in [1.807, 2.05) is 35.6 Å². The summed E-state index contributed by atoms with van der Waals surface area (Å²) in [6.07, 6.45) is 2.57. The quantitative estimate of drug-likeness (QED) is 0.773. The molecule has 26 heavy (non-hydrogen) atoms. The molecule has 1 aromatic heterocycles. The Bertz CT molecular complexity index is 869. The number of benzene rings is 2. The third kappa shape index (κ3) is 3.17. The van der Waals surface area contributed by atoms with Crippen LogP contribution in [0.1, 0.15) is 23.8 Å². The first-order valence-corrected chi connectivity index (χ1v) is 10.2. The molecule has 0 amide bonds. The summed E-state index contributed by atoms with van der Waals surface area (Å²) in [7, 11) is 0. The lowest BCUT2D eigenvalue weighted by Gasteiger charge is -2.32. The molecule has 5 rings (SSSR count). The number of rotatable bonds is 3. The Morgan fingerprint density at radius 2 is 1.77 bits per heavy atom. The summed E-state index contributed by atoms with van der Waals surface area (Å²) in [6.45, 7) is 4.03. The largest absolute Gasteiger partial charge is 0.486 e. The van der Waals surface area contributed by atoms with E-state index < -0.39 is 0 Å². The molecule has 1 atom stereocenters. The highest BCUT2D eigenvalue weighted by atomic mass is 32.1. The van der Waals surface area contributed by atoms with Crippen molar-refractivity contribution in [1.29, 1.82) is 0 Å². The molecule has 0 bridgehead atoms. The van der Waals surface area contributed by atoms with Crippen molar-refractivity contribution in [2.45, 2.75) is 24.9 Å². The third-order valence-corrected chi connectivity index (χ3v) is 6.64. The van der Waals surface area contributed by atoms with Crippen LogP contribution in [0.5, 0.6) is 11.5 Å². The van der Waals surface area contributed by atoms with Crippen LogP contribution in [0.25, 0.3) is 10.2 Å². The second kappa shape index (κ2) is 6.89. The molecule has 2 aliphatic rings. The molecule has 1 fully saturated rings. The van der Waals surface area contributed by atoms with Crippen LogP contribution in [0.15, 0.2) is 48.5 Å². The van der Waals surface area contributed by atoms with Crippen molar-refractivity contribution >= 4 is 21.6 Å². The number of hydrogen-bond acceptors (Lipinski definition) is 4. The number of aromatic nitrogens is 1. The molecular weight excluding hydrogens is 344 g/mol. The third-order valence-electron chi connectivity index (χ3n) is 5.44. The Balaban J connectivity index is 1.19. The van der Waals surface area contributed by atoms with Gasteiger partial charge in [0.25, 0.3) is 0 Å². The number of piperidine rings is 1. The van der Waals surface area contributed by atoms with Crippen LogP contribution in [0.3, 0.4) is 0 Å². The number of nitrogens with zero attached hydrogens (tertiary/aromatic N) is 1. The van der Waals surface area contributed by atoms with Gasteiger partial charge in [0, 0.05) is 18.8 Å². The SMILES string of the molecule is c1ccc2c(c1)OC[C@H](C[NH+]1CCC(c3nc4ccccc4s3)CC1)O2. The maximum absolute atomic E-state index is 6.13. The van der Waals surface area contributed by atoms with Crippen molar-refractivity contribution in [2.75, 3.05) is 26.2 Å². The Morgan fingerprint density at radius 1 is 1.00 bits per heavy atom. The standard InChI is InChI=1S/C21H22N2O2S/c1-4-8-20-17(5-1)22-21(26-20)15-9-11-23(12-10-15)13-16-14-24-18-6-2-3-7-19(18)25-16/h1-8,15-16H,9-14H2/p+1/t16-/m0/s1. The highest BCUT2D eigenvalue weighted by Crippen LogP contribution is 2.32. The molecule has 1 N–H and O–H groups in total. The summed E-state index contributed by atoms with van der Waals surface area (Å²) in [6, 6.07) is 16.4. The van der Waals surface area contributed by atoms with E-state index in [1.54, 1.807) is 4.90 Å². The molecule has 0 spiro atoms. The highest BCUT2D eigenvalue weighted by molar-refractivity contribution is 7.18. The van der Waals surface area contributed by atoms with Gasteiger partial charge in [-0.15, -0.1) is 11.3 Å². The summed E-state index contributed by atoms with van der Waals surface area (Å²) >= 11 is 1.87. The molecule has 5 heteroatoms. The van der Waals surface area contributed by atoms with Gasteiger partial charge in [0.1, 0.15) is 13.2 Å². The summed E-state index contributed by atoms with van der Waals surface area (Å²) in [4.78, 5) is 6.49. The lowest BCUT2D eigenvalue weighted by molar-refractivity contribution is -0.908. The van der Waals surface area contributed by atoms with Crippen LogP contribution in [-0.4, -0.2) is 37.3 Å². The first-order valence-electron chi connectivity index (χ1n) is 9.43. The van der Waals surface area contributed by atoms with Gasteiger partial charge in [-0.25, -0.2) is 4.98 Å². The van der Waals surface area contributed by atoms with Crippen molar-refractivity contribution in [2.24, 2.45) is 0 Å². The van der Waals surface area contributed by atoms with Gasteiger partial charge < -0.3 is 14.4 Å². The van der Waals surface area contributed by atoms with Crippen LogP contribution >= 0.6 is 11.3 Å². The average Bonchev–Trinajstić information content (AvgIpc) is 3.13. The number of ether oxygens (including phenoxy) is 2. The second-order valence-corrected chi connectivity index (χ2v) is 8.31. The fourth-order valence-electron chi connectivity index (χ4n) is 4.03. The van der Waals surface area contributed by atoms with Gasteiger partial charge >= 0.3 is 0 Å². The molecule has 0 aliphatic carbocycles. The second-order valence-electron chi connectivity index (χ2n) is 7.25. The minimum Gasteiger partial charge on any atom is -0.486 e. The van der Waals surface area contributed by atoms with Crippen molar-refractivity contribution in [3.05, 3.63) is 53.5 Å². The number of nitrogens with one attached hydrogen (secondary N) is 1. The average molecular weight is 367 g/mol. The van der Waals surface area contributed by atoms with Crippen molar-refractivity contribution < 1.29 is 14.4 Å². The Hall–Kier alpha value is -2.11. The van der Waals surface area contributed by atoms with Crippen molar-refractivity contribution in [1.82, 2.24) is 4.98 Å². The Labute approximate surface area is 157 Å². The maximum atomic E-state index is 6.13. The zero-order valence-electron chi connectivity index (χ0n) is 14.7. The van der Waals surface area contributed by atoms with Crippen LogP contribution in [0.2, 0.25) is 0 Å². The molecule has 3 heterocycles. The molecule has 3 aromatic rings. The lowest BCUT2D eigenvalue weighted by atomic mass is 9.97.